The van der Waals surface area contributed by atoms with Crippen molar-refractivity contribution in [3.05, 3.63) is 0 Å². The average Bonchev–Trinajstić information content (AvgIpc) is 2.64. The maximum Gasteiger partial charge on any atom is 0.308 e. The molecule has 1 amide bonds. The first-order chi connectivity index (χ1) is 9.34. The number of likely N-dealkylation sites (tertiary alicyclic amines) is 1. The Bertz CT molecular complexity index is 523. The third kappa shape index (κ3) is 4.41. The van der Waals surface area contributed by atoms with Crippen LogP contribution in [-0.4, -0.2) is 55.2 Å². The van der Waals surface area contributed by atoms with E-state index in [4.69, 9.17) is 5.11 Å². The fourth-order valence-corrected chi connectivity index (χ4v) is 3.44. The van der Waals surface area contributed by atoms with Crippen LogP contribution in [0.15, 0.2) is 0 Å². The lowest BCUT2D eigenvalue weighted by Crippen LogP contribution is -2.55. The zero-order chi connectivity index (χ0) is 16.6. The molecule has 8 heteroatoms. The van der Waals surface area contributed by atoms with Crippen LogP contribution in [0.1, 0.15) is 34.1 Å². The molecular weight excluding hydrogens is 296 g/mol. The van der Waals surface area contributed by atoms with Gasteiger partial charge in [-0.2, -0.15) is 0 Å². The lowest BCUT2D eigenvalue weighted by molar-refractivity contribution is -0.143. The quantitative estimate of drug-likeness (QED) is 0.774. The monoisotopic (exact) mass is 320 g/mol. The Kier molecular flexibility index (Phi) is 5.05. The molecule has 3 atom stereocenters. The molecule has 0 radical (unpaired) electrons. The van der Waals surface area contributed by atoms with Gasteiger partial charge in [0.2, 0.25) is 15.9 Å². The SMILES string of the molecule is CC1C(C(=O)O)CCN1C(=O)C(NS(C)(=O)=O)C(C)(C)C. The number of hydrogen-bond donors (Lipinski definition) is 2. The third-order valence-corrected chi connectivity index (χ3v) is 4.46. The molecule has 1 rings (SSSR count). The largest absolute Gasteiger partial charge is 0.481 e. The Hall–Kier alpha value is -1.15. The minimum atomic E-state index is -3.54. The number of nitrogens with one attached hydrogen (secondary N) is 1. The van der Waals surface area contributed by atoms with Gasteiger partial charge in [0, 0.05) is 12.6 Å². The minimum Gasteiger partial charge on any atom is -0.481 e. The molecular formula is C13H24N2O5S. The highest BCUT2D eigenvalue weighted by Crippen LogP contribution is 2.29. The second-order valence-corrected chi connectivity index (χ2v) is 8.47. The number of rotatable bonds is 4. The molecule has 2 N–H and O–H groups in total. The van der Waals surface area contributed by atoms with Crippen LogP contribution in [0, 0.1) is 11.3 Å². The predicted molar refractivity (Wildman–Crippen MR) is 78.1 cm³/mol. The first-order valence-electron chi connectivity index (χ1n) is 6.85. The fourth-order valence-electron chi connectivity index (χ4n) is 2.56. The van der Waals surface area contributed by atoms with E-state index >= 15 is 0 Å². The van der Waals surface area contributed by atoms with E-state index < -0.39 is 39.4 Å². The summed E-state index contributed by atoms with van der Waals surface area (Å²) in [5.41, 5.74) is -0.610. The van der Waals surface area contributed by atoms with Crippen LogP contribution in [0.25, 0.3) is 0 Å². The first-order valence-corrected chi connectivity index (χ1v) is 8.74. The molecule has 122 valence electrons. The maximum absolute atomic E-state index is 12.7. The number of amides is 1. The lowest BCUT2D eigenvalue weighted by atomic mass is 9.86. The standard InChI is InChI=1S/C13H24N2O5S/c1-8-9(12(17)18)6-7-15(8)11(16)10(13(2,3)4)14-21(5,19)20/h8-10,14H,6-7H2,1-5H3,(H,17,18). The molecule has 0 aromatic carbocycles. The number of carbonyl (C=O) groups is 2. The number of sulfonamides is 1. The average molecular weight is 320 g/mol. The molecule has 21 heavy (non-hydrogen) atoms. The van der Waals surface area contributed by atoms with Crippen molar-refractivity contribution < 1.29 is 23.1 Å². The highest BCUT2D eigenvalue weighted by molar-refractivity contribution is 7.88. The van der Waals surface area contributed by atoms with Crippen molar-refractivity contribution in [1.29, 1.82) is 0 Å². The summed E-state index contributed by atoms with van der Waals surface area (Å²) in [5, 5.41) is 9.12. The topological polar surface area (TPSA) is 104 Å². The van der Waals surface area contributed by atoms with Gasteiger partial charge >= 0.3 is 5.97 Å². The van der Waals surface area contributed by atoms with E-state index in [9.17, 15) is 18.0 Å². The van der Waals surface area contributed by atoms with E-state index in [1.165, 1.54) is 4.90 Å². The number of nitrogens with zero attached hydrogens (tertiary/aromatic N) is 1. The van der Waals surface area contributed by atoms with Crippen molar-refractivity contribution in [3.8, 4) is 0 Å². The summed E-state index contributed by atoms with van der Waals surface area (Å²) in [6, 6.07) is -1.36. The Labute approximate surface area is 125 Å². The molecule has 7 nitrogen and oxygen atoms in total. The summed E-state index contributed by atoms with van der Waals surface area (Å²) in [4.78, 5) is 25.2. The van der Waals surface area contributed by atoms with Gasteiger partial charge in [-0.1, -0.05) is 20.8 Å². The smallest absolute Gasteiger partial charge is 0.308 e. The highest BCUT2D eigenvalue weighted by atomic mass is 32.2. The Balaban J connectivity index is 3.00. The molecule has 1 saturated heterocycles. The molecule has 0 aromatic rings. The summed E-state index contributed by atoms with van der Waals surface area (Å²) < 4.78 is 25.3. The van der Waals surface area contributed by atoms with Crippen LogP contribution < -0.4 is 4.72 Å². The highest BCUT2D eigenvalue weighted by Gasteiger charge is 2.43. The van der Waals surface area contributed by atoms with Crippen LogP contribution in [-0.2, 0) is 19.6 Å². The number of carbonyl (C=O) groups excluding carboxylic acids is 1. The summed E-state index contributed by atoms with van der Waals surface area (Å²) in [7, 11) is -3.54. The van der Waals surface area contributed by atoms with Gasteiger partial charge in [-0.15, -0.1) is 0 Å². The van der Waals surface area contributed by atoms with E-state index in [1.54, 1.807) is 27.7 Å². The van der Waals surface area contributed by atoms with E-state index in [2.05, 4.69) is 4.72 Å². The van der Waals surface area contributed by atoms with Gasteiger partial charge in [0.25, 0.3) is 0 Å². The lowest BCUT2D eigenvalue weighted by Gasteiger charge is -2.34. The van der Waals surface area contributed by atoms with E-state index in [1.807, 2.05) is 0 Å². The molecule has 0 bridgehead atoms. The normalized spacial score (nSPS) is 24.9. The van der Waals surface area contributed by atoms with Crippen molar-refractivity contribution in [2.24, 2.45) is 11.3 Å². The predicted octanol–water partition coefficient (Wildman–Crippen LogP) is 0.272. The molecule has 1 aliphatic heterocycles. The van der Waals surface area contributed by atoms with Crippen LogP contribution in [0.2, 0.25) is 0 Å². The van der Waals surface area contributed by atoms with Crippen molar-refractivity contribution >= 4 is 21.9 Å². The van der Waals surface area contributed by atoms with Crippen molar-refractivity contribution in [2.45, 2.75) is 46.2 Å². The van der Waals surface area contributed by atoms with Crippen molar-refractivity contribution in [2.75, 3.05) is 12.8 Å². The van der Waals surface area contributed by atoms with Gasteiger partial charge in [0.05, 0.1) is 12.2 Å². The van der Waals surface area contributed by atoms with E-state index in [-0.39, 0.29) is 5.91 Å². The first kappa shape index (κ1) is 17.9. The van der Waals surface area contributed by atoms with Crippen LogP contribution >= 0.6 is 0 Å². The van der Waals surface area contributed by atoms with E-state index in [0.717, 1.165) is 6.26 Å². The zero-order valence-corrected chi connectivity index (χ0v) is 13.9. The third-order valence-electron chi connectivity index (χ3n) is 3.80. The molecule has 0 aliphatic carbocycles. The van der Waals surface area contributed by atoms with Gasteiger partial charge in [-0.3, -0.25) is 9.59 Å². The van der Waals surface area contributed by atoms with Crippen LogP contribution in [0.3, 0.4) is 0 Å². The second kappa shape index (κ2) is 5.92. The zero-order valence-electron chi connectivity index (χ0n) is 13.1. The van der Waals surface area contributed by atoms with Gasteiger partial charge in [-0.05, 0) is 18.8 Å². The number of carboxylic acid groups (broad SMARTS) is 1. The number of hydrogen-bond acceptors (Lipinski definition) is 4. The molecule has 0 spiro atoms. The number of aliphatic carboxylic acids is 1. The fraction of sp³-hybridized carbons (Fsp3) is 0.846. The van der Waals surface area contributed by atoms with Crippen LogP contribution in [0.4, 0.5) is 0 Å². The molecule has 1 heterocycles. The molecule has 3 unspecified atom stereocenters. The molecule has 0 saturated carbocycles. The molecule has 1 fully saturated rings. The Morgan fingerprint density at radius 2 is 1.86 bits per heavy atom. The summed E-state index contributed by atoms with van der Waals surface area (Å²) in [6.45, 7) is 7.31. The summed E-state index contributed by atoms with van der Waals surface area (Å²) in [5.74, 6) is -1.90. The Morgan fingerprint density at radius 3 is 2.19 bits per heavy atom. The van der Waals surface area contributed by atoms with Crippen LogP contribution in [0.5, 0.6) is 0 Å². The second-order valence-electron chi connectivity index (χ2n) is 6.69. The molecule has 0 aromatic heterocycles. The summed E-state index contributed by atoms with van der Waals surface area (Å²) >= 11 is 0. The maximum atomic E-state index is 12.7. The Morgan fingerprint density at radius 1 is 1.33 bits per heavy atom. The van der Waals surface area contributed by atoms with Gasteiger partial charge in [-0.25, -0.2) is 13.1 Å². The van der Waals surface area contributed by atoms with Gasteiger partial charge in [0.15, 0.2) is 0 Å². The van der Waals surface area contributed by atoms with Gasteiger partial charge in [0.1, 0.15) is 6.04 Å². The van der Waals surface area contributed by atoms with Crippen molar-refractivity contribution in [3.63, 3.8) is 0 Å². The van der Waals surface area contributed by atoms with E-state index in [0.29, 0.717) is 13.0 Å². The van der Waals surface area contributed by atoms with Gasteiger partial charge < -0.3 is 10.0 Å². The summed E-state index contributed by atoms with van der Waals surface area (Å²) in [6.07, 6.45) is 1.39. The molecule has 1 aliphatic rings. The minimum absolute atomic E-state index is 0.328. The van der Waals surface area contributed by atoms with Crippen molar-refractivity contribution in [1.82, 2.24) is 9.62 Å². The number of carboxylic acids is 1.